The molecule has 0 spiro atoms. The van der Waals surface area contributed by atoms with E-state index in [4.69, 9.17) is 4.74 Å². The highest BCUT2D eigenvalue weighted by atomic mass is 35.5. The molecule has 39 heavy (non-hydrogen) atoms. The third-order valence-electron chi connectivity index (χ3n) is 6.34. The zero-order chi connectivity index (χ0) is 26.4. The molecule has 1 heterocycles. The van der Waals surface area contributed by atoms with Gasteiger partial charge in [-0.2, -0.15) is 0 Å². The van der Waals surface area contributed by atoms with Crippen molar-refractivity contribution >= 4 is 36.2 Å². The first-order chi connectivity index (χ1) is 17.8. The van der Waals surface area contributed by atoms with E-state index in [0.717, 1.165) is 34.5 Å². The highest BCUT2D eigenvalue weighted by Crippen LogP contribution is 2.24. The number of benzene rings is 3. The topological polar surface area (TPSA) is 81.3 Å². The van der Waals surface area contributed by atoms with Crippen molar-refractivity contribution in [3.63, 3.8) is 0 Å². The van der Waals surface area contributed by atoms with Crippen molar-refractivity contribution in [3.8, 4) is 5.75 Å². The number of carbonyl (C=O) groups excluding carboxylic acids is 2. The van der Waals surface area contributed by atoms with Crippen LogP contribution in [-0.2, 0) is 4.79 Å². The van der Waals surface area contributed by atoms with Crippen LogP contribution in [0.3, 0.4) is 0 Å². The van der Waals surface area contributed by atoms with Gasteiger partial charge in [-0.3, -0.25) is 9.59 Å². The average Bonchev–Trinajstić information content (AvgIpc) is 2.88. The number of nitrogens with zero attached hydrogens (tertiary/aromatic N) is 2. The van der Waals surface area contributed by atoms with Crippen LogP contribution in [-0.4, -0.2) is 67.3 Å². The number of hydrogen-bond acceptors (Lipinski definition) is 4. The van der Waals surface area contributed by atoms with Crippen LogP contribution in [0.25, 0.3) is 12.2 Å². The highest BCUT2D eigenvalue weighted by Gasteiger charge is 2.29. The lowest BCUT2D eigenvalue weighted by Gasteiger charge is -2.30. The van der Waals surface area contributed by atoms with Crippen LogP contribution in [0.5, 0.6) is 5.75 Å². The predicted octanol–water partition coefficient (Wildman–Crippen LogP) is 5.03. The fourth-order valence-corrected chi connectivity index (χ4v) is 4.13. The minimum Gasteiger partial charge on any atom is -0.492 e. The minimum absolute atomic E-state index is 0. The first kappa shape index (κ1) is 31.5. The molecule has 206 valence electrons. The Balaban J connectivity index is 0.00000267. The van der Waals surface area contributed by atoms with Crippen molar-refractivity contribution < 1.29 is 19.8 Å². The Hall–Kier alpha value is -3.71. The Kier molecular flexibility index (Phi) is 11.7. The van der Waals surface area contributed by atoms with Gasteiger partial charge in [0.1, 0.15) is 12.4 Å². The molecule has 1 fully saturated rings. The lowest BCUT2D eigenvalue weighted by molar-refractivity contribution is -0.113. The Morgan fingerprint density at radius 1 is 0.821 bits per heavy atom. The number of aryl methyl sites for hydroxylation is 2. The van der Waals surface area contributed by atoms with Crippen LogP contribution in [0.4, 0.5) is 0 Å². The number of Topliss-reactive ketones (excluding diaryl/α,β-unsaturated/α-hetero) is 1. The summed E-state index contributed by atoms with van der Waals surface area (Å²) in [7, 11) is 4.00. The zero-order valence-corrected chi connectivity index (χ0v) is 23.8. The summed E-state index contributed by atoms with van der Waals surface area (Å²) >= 11 is 0. The fraction of sp³-hybridized carbons (Fsp3) is 0.250. The second-order valence-corrected chi connectivity index (χ2v) is 9.83. The average molecular weight is 549 g/mol. The summed E-state index contributed by atoms with van der Waals surface area (Å²) in [5.41, 5.74) is 5.97. The van der Waals surface area contributed by atoms with Gasteiger partial charge in [0.2, 0.25) is 0 Å². The van der Waals surface area contributed by atoms with Gasteiger partial charge in [-0.1, -0.05) is 59.7 Å². The van der Waals surface area contributed by atoms with Gasteiger partial charge in [-0.25, -0.2) is 0 Å². The number of piperidine rings is 1. The van der Waals surface area contributed by atoms with E-state index in [2.05, 4.69) is 4.90 Å². The number of likely N-dealkylation sites (tertiary alicyclic amines) is 1. The van der Waals surface area contributed by atoms with Crippen molar-refractivity contribution in [2.45, 2.75) is 13.8 Å². The number of ether oxygens (including phenoxy) is 1. The Bertz CT molecular complexity index is 1240. The molecule has 1 amide bonds. The van der Waals surface area contributed by atoms with E-state index in [1.807, 2.05) is 101 Å². The fourth-order valence-electron chi connectivity index (χ4n) is 4.13. The summed E-state index contributed by atoms with van der Waals surface area (Å²) in [6.07, 6.45) is 3.79. The number of halogens is 1. The molecule has 2 N–H and O–H groups in total. The van der Waals surface area contributed by atoms with E-state index in [9.17, 15) is 9.59 Å². The maximum atomic E-state index is 13.5. The van der Waals surface area contributed by atoms with Gasteiger partial charge in [0.25, 0.3) is 5.91 Å². The molecule has 0 aromatic heterocycles. The van der Waals surface area contributed by atoms with Crippen LogP contribution in [0, 0.1) is 13.8 Å². The predicted molar refractivity (Wildman–Crippen MR) is 161 cm³/mol. The SMILES string of the molecule is Cc1ccc(/C=C2/CN(C(=O)c3ccc(OCCN(C)C)cc3)C/C(=C\c3ccc(C)cc3)C2=O)cc1.Cl.O. The molecule has 1 aliphatic heterocycles. The zero-order valence-electron chi connectivity index (χ0n) is 22.9. The van der Waals surface area contributed by atoms with E-state index in [0.29, 0.717) is 23.3 Å². The summed E-state index contributed by atoms with van der Waals surface area (Å²) in [5.74, 6) is 0.596. The molecule has 0 saturated carbocycles. The first-order valence-electron chi connectivity index (χ1n) is 12.5. The Labute approximate surface area is 237 Å². The molecule has 7 heteroatoms. The summed E-state index contributed by atoms with van der Waals surface area (Å²) in [6, 6.07) is 23.3. The van der Waals surface area contributed by atoms with E-state index in [1.165, 1.54) is 0 Å². The van der Waals surface area contributed by atoms with Gasteiger partial charge in [0.05, 0.1) is 13.1 Å². The van der Waals surface area contributed by atoms with E-state index >= 15 is 0 Å². The Morgan fingerprint density at radius 3 is 1.72 bits per heavy atom. The van der Waals surface area contributed by atoms with Gasteiger partial charge in [-0.05, 0) is 75.5 Å². The lowest BCUT2D eigenvalue weighted by atomic mass is 9.93. The van der Waals surface area contributed by atoms with E-state index < -0.39 is 0 Å². The molecule has 4 rings (SSSR count). The second-order valence-electron chi connectivity index (χ2n) is 9.83. The third-order valence-corrected chi connectivity index (χ3v) is 6.34. The van der Waals surface area contributed by atoms with Gasteiger partial charge in [0, 0.05) is 23.3 Å². The number of likely N-dealkylation sites (N-methyl/N-ethyl adjacent to an activating group) is 1. The van der Waals surface area contributed by atoms with Crippen molar-refractivity contribution in [1.82, 2.24) is 9.80 Å². The highest BCUT2D eigenvalue weighted by molar-refractivity contribution is 6.15. The Morgan fingerprint density at radius 2 is 1.28 bits per heavy atom. The molecular weight excluding hydrogens is 512 g/mol. The van der Waals surface area contributed by atoms with E-state index in [1.54, 1.807) is 17.0 Å². The number of ketones is 1. The van der Waals surface area contributed by atoms with Gasteiger partial charge in [0.15, 0.2) is 5.78 Å². The van der Waals surface area contributed by atoms with Crippen molar-refractivity contribution in [1.29, 1.82) is 0 Å². The van der Waals surface area contributed by atoms with Gasteiger partial charge < -0.3 is 20.0 Å². The molecular formula is C32H37ClN2O4. The number of amides is 1. The molecule has 0 bridgehead atoms. The summed E-state index contributed by atoms with van der Waals surface area (Å²) < 4.78 is 5.77. The second kappa shape index (κ2) is 14.4. The third kappa shape index (κ3) is 8.65. The molecule has 1 aliphatic rings. The lowest BCUT2D eigenvalue weighted by Crippen LogP contribution is -2.41. The number of carbonyl (C=O) groups is 2. The van der Waals surface area contributed by atoms with Gasteiger partial charge in [-0.15, -0.1) is 12.4 Å². The molecule has 0 atom stereocenters. The van der Waals surface area contributed by atoms with Crippen LogP contribution in [0.1, 0.15) is 32.6 Å². The first-order valence-corrected chi connectivity index (χ1v) is 12.5. The molecule has 3 aromatic rings. The van der Waals surface area contributed by atoms with Crippen molar-refractivity contribution in [2.75, 3.05) is 40.3 Å². The maximum absolute atomic E-state index is 13.5. The monoisotopic (exact) mass is 548 g/mol. The summed E-state index contributed by atoms with van der Waals surface area (Å²) in [4.78, 5) is 30.8. The van der Waals surface area contributed by atoms with Crippen molar-refractivity contribution in [3.05, 3.63) is 112 Å². The van der Waals surface area contributed by atoms with E-state index in [-0.39, 0.29) is 42.7 Å². The molecule has 1 saturated heterocycles. The van der Waals surface area contributed by atoms with Crippen LogP contribution in [0.2, 0.25) is 0 Å². The largest absolute Gasteiger partial charge is 0.492 e. The van der Waals surface area contributed by atoms with Gasteiger partial charge >= 0.3 is 0 Å². The van der Waals surface area contributed by atoms with Crippen LogP contribution in [0.15, 0.2) is 83.9 Å². The van der Waals surface area contributed by atoms with Crippen molar-refractivity contribution in [2.24, 2.45) is 0 Å². The molecule has 0 aliphatic carbocycles. The summed E-state index contributed by atoms with van der Waals surface area (Å²) in [5, 5.41) is 0. The molecule has 0 radical (unpaired) electrons. The minimum atomic E-state index is -0.114. The standard InChI is InChI=1S/C32H34N2O3.ClH.H2O/c1-23-5-9-25(10-6-23)19-28-21-34(22-29(31(28)35)20-26-11-7-24(2)8-12-26)32(36)27-13-15-30(16-14-27)37-18-17-33(3)4;;/h5-16,19-20H,17-18,21-22H2,1-4H3;1H;1H2/b28-19-,29-20+;;. The molecule has 0 unspecified atom stereocenters. The molecule has 6 nitrogen and oxygen atoms in total. The maximum Gasteiger partial charge on any atom is 0.254 e. The summed E-state index contributed by atoms with van der Waals surface area (Å²) in [6.45, 7) is 5.98. The molecule has 3 aromatic carbocycles. The smallest absolute Gasteiger partial charge is 0.254 e. The number of hydrogen-bond donors (Lipinski definition) is 0. The normalized spacial score (nSPS) is 15.2. The number of rotatable bonds is 7. The van der Waals surface area contributed by atoms with Crippen LogP contribution >= 0.6 is 12.4 Å². The quantitative estimate of drug-likeness (QED) is 0.388. The van der Waals surface area contributed by atoms with Crippen LogP contribution < -0.4 is 4.74 Å².